The van der Waals surface area contributed by atoms with E-state index < -0.39 is 9.84 Å². The summed E-state index contributed by atoms with van der Waals surface area (Å²) in [6, 6.07) is -0.193. The summed E-state index contributed by atoms with van der Waals surface area (Å²) in [6.45, 7) is 4.35. The van der Waals surface area contributed by atoms with Crippen molar-refractivity contribution in [3.8, 4) is 0 Å². The van der Waals surface area contributed by atoms with Crippen molar-refractivity contribution < 1.29 is 13.2 Å². The van der Waals surface area contributed by atoms with Crippen molar-refractivity contribution in [2.45, 2.75) is 37.9 Å². The number of hydrogen-bond acceptors (Lipinski definition) is 4. The maximum atomic E-state index is 12.2. The summed E-state index contributed by atoms with van der Waals surface area (Å²) in [5, 5.41) is 8.50. The first-order valence-corrected chi connectivity index (χ1v) is 9.16. The zero-order valence-corrected chi connectivity index (χ0v) is 12.9. The third-order valence-corrected chi connectivity index (χ3v) is 6.84. The SMILES string of the molecule is CCCCNC(=O)NCC12CCCS(=O)(=O)C1CNC2. The van der Waals surface area contributed by atoms with Crippen molar-refractivity contribution >= 4 is 15.9 Å². The minimum absolute atomic E-state index is 0.193. The van der Waals surface area contributed by atoms with Gasteiger partial charge in [0.25, 0.3) is 0 Å². The Bertz CT molecular complexity index is 452. The van der Waals surface area contributed by atoms with E-state index in [4.69, 9.17) is 0 Å². The van der Waals surface area contributed by atoms with Gasteiger partial charge in [-0.05, 0) is 19.3 Å². The van der Waals surface area contributed by atoms with Gasteiger partial charge in [-0.2, -0.15) is 0 Å². The fraction of sp³-hybridized carbons (Fsp3) is 0.923. The Balaban J connectivity index is 1.92. The lowest BCUT2D eigenvalue weighted by atomic mass is 9.81. The Morgan fingerprint density at radius 3 is 2.95 bits per heavy atom. The zero-order chi connectivity index (χ0) is 14.6. The molecule has 0 aromatic rings. The maximum Gasteiger partial charge on any atom is 0.314 e. The first-order valence-electron chi connectivity index (χ1n) is 7.44. The van der Waals surface area contributed by atoms with Gasteiger partial charge < -0.3 is 16.0 Å². The van der Waals surface area contributed by atoms with Crippen molar-refractivity contribution in [3.05, 3.63) is 0 Å². The number of nitrogens with one attached hydrogen (secondary N) is 3. The van der Waals surface area contributed by atoms with E-state index in [0.29, 0.717) is 32.6 Å². The molecule has 2 amide bonds. The van der Waals surface area contributed by atoms with Crippen LogP contribution in [0.2, 0.25) is 0 Å². The molecule has 7 heteroatoms. The average molecular weight is 303 g/mol. The Morgan fingerprint density at radius 1 is 1.40 bits per heavy atom. The zero-order valence-electron chi connectivity index (χ0n) is 12.1. The summed E-state index contributed by atoms with van der Waals surface area (Å²) < 4.78 is 24.3. The number of carbonyl (C=O) groups is 1. The molecule has 20 heavy (non-hydrogen) atoms. The Labute approximate surface area is 121 Å². The number of carbonyl (C=O) groups excluding carboxylic acids is 1. The van der Waals surface area contributed by atoms with Crippen LogP contribution in [0.5, 0.6) is 0 Å². The molecule has 0 saturated carbocycles. The van der Waals surface area contributed by atoms with Crippen molar-refractivity contribution in [2.75, 3.05) is 31.9 Å². The van der Waals surface area contributed by atoms with Gasteiger partial charge >= 0.3 is 6.03 Å². The summed E-state index contributed by atoms with van der Waals surface area (Å²) in [4.78, 5) is 11.7. The molecule has 0 aliphatic carbocycles. The smallest absolute Gasteiger partial charge is 0.314 e. The van der Waals surface area contributed by atoms with E-state index in [1.807, 2.05) is 0 Å². The van der Waals surface area contributed by atoms with Gasteiger partial charge in [0, 0.05) is 31.6 Å². The van der Waals surface area contributed by atoms with Gasteiger partial charge in [0.15, 0.2) is 9.84 Å². The van der Waals surface area contributed by atoms with Crippen LogP contribution in [0.3, 0.4) is 0 Å². The summed E-state index contributed by atoms with van der Waals surface area (Å²) in [6.07, 6.45) is 3.55. The van der Waals surface area contributed by atoms with Crippen LogP contribution in [0.15, 0.2) is 0 Å². The highest BCUT2D eigenvalue weighted by Crippen LogP contribution is 2.39. The average Bonchev–Trinajstić information content (AvgIpc) is 2.82. The molecule has 2 aliphatic heterocycles. The highest BCUT2D eigenvalue weighted by atomic mass is 32.2. The molecule has 0 aromatic heterocycles. The molecule has 3 N–H and O–H groups in total. The predicted octanol–water partition coefficient (Wildman–Crippen LogP) is 0.253. The number of urea groups is 1. The van der Waals surface area contributed by atoms with Crippen LogP contribution in [-0.2, 0) is 9.84 Å². The molecular weight excluding hydrogens is 278 g/mol. The van der Waals surface area contributed by atoms with Crippen LogP contribution in [0.25, 0.3) is 0 Å². The van der Waals surface area contributed by atoms with Crippen molar-refractivity contribution in [1.29, 1.82) is 0 Å². The molecule has 2 fully saturated rings. The molecule has 0 bridgehead atoms. The second kappa shape index (κ2) is 6.30. The molecule has 2 aliphatic rings. The number of amides is 2. The minimum atomic E-state index is -3.02. The fourth-order valence-corrected chi connectivity index (χ4v) is 5.52. The van der Waals surface area contributed by atoms with Gasteiger partial charge in [0.2, 0.25) is 0 Å². The summed E-state index contributed by atoms with van der Waals surface area (Å²) in [5.74, 6) is 0.282. The fourth-order valence-electron chi connectivity index (χ4n) is 3.27. The number of sulfone groups is 1. The van der Waals surface area contributed by atoms with Crippen LogP contribution >= 0.6 is 0 Å². The second-order valence-electron chi connectivity index (χ2n) is 5.92. The van der Waals surface area contributed by atoms with Gasteiger partial charge in [-0.3, -0.25) is 0 Å². The lowest BCUT2D eigenvalue weighted by Gasteiger charge is -2.38. The first kappa shape index (κ1) is 15.6. The van der Waals surface area contributed by atoms with Crippen molar-refractivity contribution in [2.24, 2.45) is 5.41 Å². The van der Waals surface area contributed by atoms with Crippen molar-refractivity contribution in [3.63, 3.8) is 0 Å². The Hall–Kier alpha value is -0.820. The topological polar surface area (TPSA) is 87.3 Å². The van der Waals surface area contributed by atoms with Crippen LogP contribution in [0.4, 0.5) is 4.79 Å². The van der Waals surface area contributed by atoms with E-state index in [1.54, 1.807) is 0 Å². The number of rotatable bonds is 5. The molecule has 2 unspecified atom stereocenters. The predicted molar refractivity (Wildman–Crippen MR) is 78.4 cm³/mol. The Morgan fingerprint density at radius 2 is 2.20 bits per heavy atom. The van der Waals surface area contributed by atoms with Crippen LogP contribution in [0.1, 0.15) is 32.6 Å². The normalized spacial score (nSPS) is 31.6. The number of unbranched alkanes of at least 4 members (excludes halogenated alkanes) is 1. The first-order chi connectivity index (χ1) is 9.50. The second-order valence-corrected chi connectivity index (χ2v) is 8.22. The van der Waals surface area contributed by atoms with Gasteiger partial charge in [-0.1, -0.05) is 13.3 Å². The van der Waals surface area contributed by atoms with Crippen LogP contribution < -0.4 is 16.0 Å². The molecule has 116 valence electrons. The third-order valence-electron chi connectivity index (χ3n) is 4.44. The molecule has 2 atom stereocenters. The monoisotopic (exact) mass is 303 g/mol. The number of fused-ring (bicyclic) bond motifs is 1. The minimum Gasteiger partial charge on any atom is -0.338 e. The molecular formula is C13H25N3O3S. The molecule has 0 spiro atoms. The summed E-state index contributed by atoms with van der Waals surface area (Å²) >= 11 is 0. The van der Waals surface area contributed by atoms with Crippen molar-refractivity contribution in [1.82, 2.24) is 16.0 Å². The molecule has 6 nitrogen and oxygen atoms in total. The van der Waals surface area contributed by atoms with E-state index in [9.17, 15) is 13.2 Å². The van der Waals surface area contributed by atoms with Gasteiger partial charge in [0.05, 0.1) is 11.0 Å². The number of hydrogen-bond donors (Lipinski definition) is 3. The van der Waals surface area contributed by atoms with E-state index in [1.165, 1.54) is 0 Å². The summed E-state index contributed by atoms with van der Waals surface area (Å²) in [7, 11) is -3.02. The maximum absolute atomic E-state index is 12.2. The van der Waals surface area contributed by atoms with E-state index >= 15 is 0 Å². The molecule has 2 heterocycles. The van der Waals surface area contributed by atoms with Crippen LogP contribution in [0, 0.1) is 5.41 Å². The van der Waals surface area contributed by atoms with Gasteiger partial charge in [-0.15, -0.1) is 0 Å². The third kappa shape index (κ3) is 3.25. The van der Waals surface area contributed by atoms with Gasteiger partial charge in [-0.25, -0.2) is 13.2 Å². The molecule has 2 rings (SSSR count). The van der Waals surface area contributed by atoms with E-state index in [2.05, 4.69) is 22.9 Å². The highest BCUT2D eigenvalue weighted by Gasteiger charge is 2.51. The molecule has 0 aromatic carbocycles. The lowest BCUT2D eigenvalue weighted by molar-refractivity contribution is 0.225. The quantitative estimate of drug-likeness (QED) is 0.636. The largest absolute Gasteiger partial charge is 0.338 e. The highest BCUT2D eigenvalue weighted by molar-refractivity contribution is 7.92. The molecule has 2 saturated heterocycles. The standard InChI is InChI=1S/C13H25N3O3S/c1-2-3-6-15-12(17)16-10-13-5-4-7-20(18,19)11(13)8-14-9-13/h11,14H,2-10H2,1H3,(H2,15,16,17). The van der Waals surface area contributed by atoms with Crippen LogP contribution in [-0.4, -0.2) is 51.6 Å². The van der Waals surface area contributed by atoms with E-state index in [0.717, 1.165) is 19.3 Å². The molecule has 0 radical (unpaired) electrons. The Kier molecular flexibility index (Phi) is 4.90. The van der Waals surface area contributed by atoms with Gasteiger partial charge in [0.1, 0.15) is 0 Å². The lowest BCUT2D eigenvalue weighted by Crippen LogP contribution is -2.52. The van der Waals surface area contributed by atoms with E-state index in [-0.39, 0.29) is 22.4 Å². The summed E-state index contributed by atoms with van der Waals surface area (Å²) in [5.41, 5.74) is -0.320.